The highest BCUT2D eigenvalue weighted by Crippen LogP contribution is 2.18. The molecule has 19 heavy (non-hydrogen) atoms. The summed E-state index contributed by atoms with van der Waals surface area (Å²) < 4.78 is 5.30. The first-order chi connectivity index (χ1) is 9.15. The van der Waals surface area contributed by atoms with Crippen LogP contribution in [0.15, 0.2) is 24.3 Å². The van der Waals surface area contributed by atoms with Gasteiger partial charge in [-0.15, -0.1) is 0 Å². The normalized spacial score (nSPS) is 17.3. The molecule has 0 bridgehead atoms. The van der Waals surface area contributed by atoms with Crippen molar-refractivity contribution in [1.82, 2.24) is 5.32 Å². The Hall–Kier alpha value is -1.55. The number of ether oxygens (including phenoxy) is 1. The number of rotatable bonds is 5. The molecule has 0 spiro atoms. The van der Waals surface area contributed by atoms with Crippen LogP contribution in [0.25, 0.3) is 0 Å². The van der Waals surface area contributed by atoms with Crippen LogP contribution in [0.4, 0.5) is 5.69 Å². The lowest BCUT2D eigenvalue weighted by Crippen LogP contribution is -2.38. The van der Waals surface area contributed by atoms with Crippen molar-refractivity contribution in [2.24, 2.45) is 0 Å². The van der Waals surface area contributed by atoms with Crippen LogP contribution in [0.1, 0.15) is 43.0 Å². The van der Waals surface area contributed by atoms with Crippen molar-refractivity contribution >= 4 is 11.7 Å². The third-order valence-electron chi connectivity index (χ3n) is 3.49. The number of nitrogens with two attached hydrogens (primary N) is 1. The standard InChI is InChI=1S/C15H22N2O2/c1-11(17-14-4-2-3-5-14)10-19-15(18)12-6-8-13(16)9-7-12/h6-9,11,14,17H,2-5,10,16H2,1H3/t11-/m0/s1. The van der Waals surface area contributed by atoms with E-state index in [9.17, 15) is 4.79 Å². The second kappa shape index (κ2) is 6.57. The van der Waals surface area contributed by atoms with Crippen LogP contribution in [0.5, 0.6) is 0 Å². The van der Waals surface area contributed by atoms with Crippen molar-refractivity contribution in [2.75, 3.05) is 12.3 Å². The summed E-state index contributed by atoms with van der Waals surface area (Å²) in [5, 5.41) is 3.50. The van der Waals surface area contributed by atoms with Gasteiger partial charge in [0.2, 0.25) is 0 Å². The first kappa shape index (κ1) is 13.9. The second-order valence-corrected chi connectivity index (χ2v) is 5.27. The first-order valence-corrected chi connectivity index (χ1v) is 6.94. The topological polar surface area (TPSA) is 64.3 Å². The van der Waals surface area contributed by atoms with Crippen LogP contribution >= 0.6 is 0 Å². The fourth-order valence-electron chi connectivity index (χ4n) is 2.45. The van der Waals surface area contributed by atoms with Crippen molar-refractivity contribution in [3.63, 3.8) is 0 Å². The number of nitrogens with one attached hydrogen (secondary N) is 1. The van der Waals surface area contributed by atoms with Gasteiger partial charge in [0.1, 0.15) is 6.61 Å². The van der Waals surface area contributed by atoms with Crippen molar-refractivity contribution in [2.45, 2.75) is 44.7 Å². The quantitative estimate of drug-likeness (QED) is 0.631. The molecule has 1 saturated carbocycles. The molecule has 1 aliphatic rings. The molecule has 0 heterocycles. The maximum atomic E-state index is 11.8. The van der Waals surface area contributed by atoms with Crippen LogP contribution in [0.3, 0.4) is 0 Å². The van der Waals surface area contributed by atoms with Gasteiger partial charge in [-0.1, -0.05) is 12.8 Å². The summed E-state index contributed by atoms with van der Waals surface area (Å²) in [6.45, 7) is 2.45. The molecule has 1 aliphatic carbocycles. The predicted molar refractivity (Wildman–Crippen MR) is 76.0 cm³/mol. The average molecular weight is 262 g/mol. The molecule has 0 amide bonds. The minimum Gasteiger partial charge on any atom is -0.460 e. The van der Waals surface area contributed by atoms with Gasteiger partial charge >= 0.3 is 5.97 Å². The largest absolute Gasteiger partial charge is 0.460 e. The van der Waals surface area contributed by atoms with E-state index in [2.05, 4.69) is 12.2 Å². The molecular weight excluding hydrogens is 240 g/mol. The molecule has 0 aliphatic heterocycles. The highest BCUT2D eigenvalue weighted by atomic mass is 16.5. The van der Waals surface area contributed by atoms with Gasteiger partial charge in [0.25, 0.3) is 0 Å². The summed E-state index contributed by atoms with van der Waals surface area (Å²) >= 11 is 0. The van der Waals surface area contributed by atoms with Gasteiger partial charge in [0, 0.05) is 17.8 Å². The van der Waals surface area contributed by atoms with Crippen LogP contribution in [0.2, 0.25) is 0 Å². The first-order valence-electron chi connectivity index (χ1n) is 6.94. The molecule has 3 N–H and O–H groups in total. The Kier molecular flexibility index (Phi) is 4.80. The Morgan fingerprint density at radius 3 is 2.63 bits per heavy atom. The molecule has 0 radical (unpaired) electrons. The zero-order chi connectivity index (χ0) is 13.7. The van der Waals surface area contributed by atoms with Crippen molar-refractivity contribution in [3.05, 3.63) is 29.8 Å². The second-order valence-electron chi connectivity index (χ2n) is 5.27. The van der Waals surface area contributed by atoms with Crippen molar-refractivity contribution in [1.29, 1.82) is 0 Å². The SMILES string of the molecule is C[C@@H](COC(=O)c1ccc(N)cc1)NC1CCCC1. The van der Waals surface area contributed by atoms with E-state index in [0.29, 0.717) is 23.9 Å². The number of benzene rings is 1. The third-order valence-corrected chi connectivity index (χ3v) is 3.49. The maximum Gasteiger partial charge on any atom is 0.338 e. The Morgan fingerprint density at radius 1 is 1.37 bits per heavy atom. The Morgan fingerprint density at radius 2 is 2.00 bits per heavy atom. The van der Waals surface area contributed by atoms with E-state index in [1.165, 1.54) is 25.7 Å². The average Bonchev–Trinajstić information content (AvgIpc) is 2.89. The molecular formula is C15H22N2O2. The minimum atomic E-state index is -0.292. The van der Waals surface area contributed by atoms with E-state index in [4.69, 9.17) is 10.5 Å². The maximum absolute atomic E-state index is 11.8. The summed E-state index contributed by atoms with van der Waals surface area (Å²) in [5.74, 6) is -0.292. The molecule has 0 unspecified atom stereocenters. The van der Waals surface area contributed by atoms with Gasteiger partial charge in [-0.05, 0) is 44.0 Å². The smallest absolute Gasteiger partial charge is 0.338 e. The van der Waals surface area contributed by atoms with E-state index in [-0.39, 0.29) is 12.0 Å². The van der Waals surface area contributed by atoms with Crippen LogP contribution in [0, 0.1) is 0 Å². The van der Waals surface area contributed by atoms with Gasteiger partial charge in [-0.3, -0.25) is 0 Å². The number of carbonyl (C=O) groups excluding carboxylic acids is 1. The number of nitrogen functional groups attached to an aromatic ring is 1. The number of esters is 1. The lowest BCUT2D eigenvalue weighted by molar-refractivity contribution is 0.0467. The third kappa shape index (κ3) is 4.24. The number of carbonyl (C=O) groups is 1. The molecule has 104 valence electrons. The van der Waals surface area contributed by atoms with Gasteiger partial charge in [-0.2, -0.15) is 0 Å². The number of anilines is 1. The molecule has 1 aromatic rings. The summed E-state index contributed by atoms with van der Waals surface area (Å²) in [5.41, 5.74) is 6.77. The van der Waals surface area contributed by atoms with E-state index in [1.54, 1.807) is 24.3 Å². The summed E-state index contributed by atoms with van der Waals surface area (Å²) in [6.07, 6.45) is 5.07. The molecule has 4 heteroatoms. The Bertz CT molecular complexity index is 411. The molecule has 0 aromatic heterocycles. The molecule has 1 fully saturated rings. The van der Waals surface area contributed by atoms with Crippen LogP contribution in [-0.4, -0.2) is 24.7 Å². The van der Waals surface area contributed by atoms with Gasteiger partial charge in [-0.25, -0.2) is 4.79 Å². The molecule has 1 aromatic carbocycles. The number of hydrogen-bond acceptors (Lipinski definition) is 4. The zero-order valence-corrected chi connectivity index (χ0v) is 11.4. The zero-order valence-electron chi connectivity index (χ0n) is 11.4. The lowest BCUT2D eigenvalue weighted by atomic mass is 10.2. The van der Waals surface area contributed by atoms with Crippen molar-refractivity contribution < 1.29 is 9.53 Å². The van der Waals surface area contributed by atoms with E-state index < -0.39 is 0 Å². The highest BCUT2D eigenvalue weighted by Gasteiger charge is 2.17. The lowest BCUT2D eigenvalue weighted by Gasteiger charge is -2.19. The molecule has 4 nitrogen and oxygen atoms in total. The Labute approximate surface area is 114 Å². The van der Waals surface area contributed by atoms with Gasteiger partial charge in [0.15, 0.2) is 0 Å². The predicted octanol–water partition coefficient (Wildman–Crippen LogP) is 2.35. The monoisotopic (exact) mass is 262 g/mol. The highest BCUT2D eigenvalue weighted by molar-refractivity contribution is 5.89. The summed E-state index contributed by atoms with van der Waals surface area (Å²) in [7, 11) is 0. The molecule has 2 rings (SSSR count). The van der Waals surface area contributed by atoms with E-state index in [1.807, 2.05) is 0 Å². The minimum absolute atomic E-state index is 0.195. The van der Waals surface area contributed by atoms with Gasteiger partial charge in [0.05, 0.1) is 5.56 Å². The summed E-state index contributed by atoms with van der Waals surface area (Å²) in [6, 6.07) is 7.57. The molecule has 1 atom stereocenters. The number of hydrogen-bond donors (Lipinski definition) is 2. The molecule has 0 saturated heterocycles. The van der Waals surface area contributed by atoms with Crippen molar-refractivity contribution in [3.8, 4) is 0 Å². The van der Waals surface area contributed by atoms with Crippen LogP contribution < -0.4 is 11.1 Å². The fraction of sp³-hybridized carbons (Fsp3) is 0.533. The summed E-state index contributed by atoms with van der Waals surface area (Å²) in [4.78, 5) is 11.8. The van der Waals surface area contributed by atoms with E-state index in [0.717, 1.165) is 0 Å². The van der Waals surface area contributed by atoms with E-state index >= 15 is 0 Å². The fourth-order valence-corrected chi connectivity index (χ4v) is 2.45. The van der Waals surface area contributed by atoms with Gasteiger partial charge < -0.3 is 15.8 Å². The van der Waals surface area contributed by atoms with Crippen LogP contribution in [-0.2, 0) is 4.74 Å². The Balaban J connectivity index is 1.74.